The first kappa shape index (κ1) is 25.9. The fourth-order valence-electron chi connectivity index (χ4n) is 7.10. The number of nitrogens with zero attached hydrogens (tertiary/aromatic N) is 1. The van der Waals surface area contributed by atoms with E-state index in [1.165, 1.54) is 11.0 Å². The third-order valence-corrected chi connectivity index (χ3v) is 8.80. The molecule has 0 aromatic heterocycles. The number of para-hydroxylation sites is 1. The van der Waals surface area contributed by atoms with Gasteiger partial charge in [-0.05, 0) is 59.9 Å². The number of carbonyl (C=O) groups is 4. The van der Waals surface area contributed by atoms with E-state index in [2.05, 4.69) is 5.32 Å². The Bertz CT molecular complexity index is 1700. The Morgan fingerprint density at radius 2 is 1.26 bits per heavy atom. The Labute approximate surface area is 243 Å². The summed E-state index contributed by atoms with van der Waals surface area (Å²) in [7, 11) is 0. The van der Waals surface area contributed by atoms with Gasteiger partial charge in [0.1, 0.15) is 0 Å². The van der Waals surface area contributed by atoms with Crippen molar-refractivity contribution < 1.29 is 23.9 Å². The van der Waals surface area contributed by atoms with Crippen LogP contribution in [0.15, 0.2) is 91.0 Å². The SMILES string of the molecule is Cc1ccc(NC(=O)COC(=O)c2ccccc2N2C(=O)[C@H]3C4c5ccccc5C(c5ccccc54)[C@@H]3C2=O)c(C)c1. The number of imide groups is 1. The first-order chi connectivity index (χ1) is 20.3. The highest BCUT2D eigenvalue weighted by Gasteiger charge is 2.62. The van der Waals surface area contributed by atoms with Crippen LogP contribution in [0.4, 0.5) is 11.4 Å². The number of anilines is 2. The molecule has 2 bridgehead atoms. The van der Waals surface area contributed by atoms with Crippen molar-refractivity contribution >= 4 is 35.1 Å². The van der Waals surface area contributed by atoms with E-state index in [1.807, 2.05) is 74.5 Å². The van der Waals surface area contributed by atoms with E-state index in [0.29, 0.717) is 5.69 Å². The van der Waals surface area contributed by atoms with Crippen molar-refractivity contribution in [3.8, 4) is 0 Å². The van der Waals surface area contributed by atoms with Crippen molar-refractivity contribution in [2.24, 2.45) is 11.8 Å². The lowest BCUT2D eigenvalue weighted by Gasteiger charge is -2.45. The zero-order chi connectivity index (χ0) is 29.1. The zero-order valence-electron chi connectivity index (χ0n) is 23.2. The highest BCUT2D eigenvalue weighted by molar-refractivity contribution is 6.25. The largest absolute Gasteiger partial charge is 0.452 e. The van der Waals surface area contributed by atoms with Crippen LogP contribution < -0.4 is 10.2 Å². The van der Waals surface area contributed by atoms with Crippen LogP contribution >= 0.6 is 0 Å². The number of amides is 3. The standard InChI is InChI=1S/C35H28N2O5/c1-19-15-16-26(20(2)17-19)36-28(38)18-42-35(41)25-13-7-8-14-27(25)37-33(39)31-29-21-9-3-4-10-22(21)30(32(31)34(37)40)24-12-6-5-11-23(24)29/h3-17,29-32H,18H2,1-2H3,(H,36,38)/t29?,30?,31-,32-/m0/s1. The Hall–Kier alpha value is -5.04. The van der Waals surface area contributed by atoms with Gasteiger partial charge in [-0.3, -0.25) is 14.4 Å². The van der Waals surface area contributed by atoms with Crippen molar-refractivity contribution in [2.75, 3.05) is 16.8 Å². The lowest BCUT2D eigenvalue weighted by Crippen LogP contribution is -2.41. The first-order valence-corrected chi connectivity index (χ1v) is 14.0. The van der Waals surface area contributed by atoms with Gasteiger partial charge in [-0.1, -0.05) is 78.4 Å². The minimum Gasteiger partial charge on any atom is -0.452 e. The third kappa shape index (κ3) is 3.88. The first-order valence-electron chi connectivity index (χ1n) is 14.0. The highest BCUT2D eigenvalue weighted by Crippen LogP contribution is 2.61. The molecular weight excluding hydrogens is 528 g/mol. The van der Waals surface area contributed by atoms with Crippen LogP contribution in [0, 0.1) is 25.7 Å². The Morgan fingerprint density at radius 1 is 0.738 bits per heavy atom. The van der Waals surface area contributed by atoms with Gasteiger partial charge in [-0.15, -0.1) is 0 Å². The van der Waals surface area contributed by atoms with Crippen LogP contribution in [-0.4, -0.2) is 30.3 Å². The van der Waals surface area contributed by atoms with Crippen molar-refractivity contribution in [3.05, 3.63) is 130 Å². The van der Waals surface area contributed by atoms with Gasteiger partial charge in [0.25, 0.3) is 5.91 Å². The summed E-state index contributed by atoms with van der Waals surface area (Å²) in [6.07, 6.45) is 0. The summed E-state index contributed by atoms with van der Waals surface area (Å²) in [5.74, 6) is -3.55. The minimum absolute atomic E-state index is 0.0551. The average Bonchev–Trinajstić information content (AvgIpc) is 3.27. The molecule has 2 atom stereocenters. The molecule has 0 saturated carbocycles. The van der Waals surface area contributed by atoms with Gasteiger partial charge in [0.15, 0.2) is 6.61 Å². The van der Waals surface area contributed by atoms with Crippen molar-refractivity contribution in [3.63, 3.8) is 0 Å². The molecule has 3 aliphatic carbocycles. The summed E-state index contributed by atoms with van der Waals surface area (Å²) in [5.41, 5.74) is 7.14. The fourth-order valence-corrected chi connectivity index (χ4v) is 7.10. The number of nitrogens with one attached hydrogen (secondary N) is 1. The monoisotopic (exact) mass is 556 g/mol. The van der Waals surface area contributed by atoms with E-state index in [-0.39, 0.29) is 34.9 Å². The van der Waals surface area contributed by atoms with Gasteiger partial charge < -0.3 is 10.1 Å². The molecule has 0 spiro atoms. The number of hydrogen-bond donors (Lipinski definition) is 1. The second-order valence-electron chi connectivity index (χ2n) is 11.2. The van der Waals surface area contributed by atoms with Gasteiger partial charge in [0.2, 0.25) is 11.8 Å². The predicted octanol–water partition coefficient (Wildman–Crippen LogP) is 5.50. The van der Waals surface area contributed by atoms with Gasteiger partial charge >= 0.3 is 5.97 Å². The maximum absolute atomic E-state index is 14.1. The van der Waals surface area contributed by atoms with E-state index < -0.39 is 30.3 Å². The normalized spacial score (nSPS) is 21.4. The van der Waals surface area contributed by atoms with E-state index in [9.17, 15) is 19.2 Å². The van der Waals surface area contributed by atoms with E-state index in [4.69, 9.17) is 4.74 Å². The molecule has 1 aliphatic heterocycles. The Balaban J connectivity index is 1.17. The molecular formula is C35H28N2O5. The molecule has 1 N–H and O–H groups in total. The average molecular weight is 557 g/mol. The number of rotatable bonds is 5. The van der Waals surface area contributed by atoms with E-state index >= 15 is 0 Å². The summed E-state index contributed by atoms with van der Waals surface area (Å²) in [4.78, 5) is 55.3. The van der Waals surface area contributed by atoms with Crippen LogP contribution in [0.2, 0.25) is 0 Å². The molecule has 7 heteroatoms. The molecule has 1 saturated heterocycles. The molecule has 1 heterocycles. The molecule has 4 aromatic carbocycles. The van der Waals surface area contributed by atoms with Gasteiger partial charge in [0, 0.05) is 17.5 Å². The van der Waals surface area contributed by atoms with Crippen molar-refractivity contribution in [1.82, 2.24) is 0 Å². The second-order valence-corrected chi connectivity index (χ2v) is 11.2. The summed E-state index contributed by atoms with van der Waals surface area (Å²) in [6.45, 7) is 3.34. The quantitative estimate of drug-likeness (QED) is 0.259. The molecule has 208 valence electrons. The number of hydrogen-bond acceptors (Lipinski definition) is 5. The van der Waals surface area contributed by atoms with Gasteiger partial charge in [0.05, 0.1) is 23.1 Å². The molecule has 0 unspecified atom stereocenters. The number of esters is 1. The number of aryl methyl sites for hydroxylation is 2. The maximum Gasteiger partial charge on any atom is 0.340 e. The number of carbonyl (C=O) groups excluding carboxylic acids is 4. The summed E-state index contributed by atoms with van der Waals surface area (Å²) in [6, 6.07) is 28.1. The maximum atomic E-state index is 14.1. The van der Waals surface area contributed by atoms with Gasteiger partial charge in [-0.25, -0.2) is 9.69 Å². The Kier molecular flexibility index (Phi) is 6.04. The summed E-state index contributed by atoms with van der Waals surface area (Å²) >= 11 is 0. The molecule has 42 heavy (non-hydrogen) atoms. The van der Waals surface area contributed by atoms with Crippen molar-refractivity contribution in [1.29, 1.82) is 0 Å². The van der Waals surface area contributed by atoms with Gasteiger partial charge in [-0.2, -0.15) is 0 Å². The smallest absolute Gasteiger partial charge is 0.340 e. The van der Waals surface area contributed by atoms with Crippen molar-refractivity contribution in [2.45, 2.75) is 25.7 Å². The molecule has 0 radical (unpaired) electrons. The number of benzene rings is 4. The molecule has 8 rings (SSSR count). The third-order valence-electron chi connectivity index (χ3n) is 8.80. The van der Waals surface area contributed by atoms with Crippen LogP contribution in [0.25, 0.3) is 0 Å². The van der Waals surface area contributed by atoms with E-state index in [1.54, 1.807) is 24.3 Å². The highest BCUT2D eigenvalue weighted by atomic mass is 16.5. The lowest BCUT2D eigenvalue weighted by molar-refractivity contribution is -0.122. The molecule has 7 nitrogen and oxygen atoms in total. The minimum atomic E-state index is -0.786. The lowest BCUT2D eigenvalue weighted by atomic mass is 9.55. The molecule has 4 aromatic rings. The fraction of sp³-hybridized carbons (Fsp3) is 0.200. The van der Waals surface area contributed by atoms with Crippen LogP contribution in [0.3, 0.4) is 0 Å². The second kappa shape index (κ2) is 9.80. The molecule has 4 aliphatic rings. The van der Waals surface area contributed by atoms with Crippen LogP contribution in [0.1, 0.15) is 55.6 Å². The van der Waals surface area contributed by atoms with Crippen LogP contribution in [0.5, 0.6) is 0 Å². The topological polar surface area (TPSA) is 92.8 Å². The Morgan fingerprint density at radius 3 is 1.81 bits per heavy atom. The molecule has 3 amide bonds. The summed E-state index contributed by atoms with van der Waals surface area (Å²) in [5, 5.41) is 2.76. The van der Waals surface area contributed by atoms with Crippen LogP contribution in [-0.2, 0) is 19.1 Å². The van der Waals surface area contributed by atoms with E-state index in [0.717, 1.165) is 33.4 Å². The molecule has 1 fully saturated rings. The zero-order valence-corrected chi connectivity index (χ0v) is 23.2. The predicted molar refractivity (Wildman–Crippen MR) is 157 cm³/mol. The number of ether oxygens (including phenoxy) is 1. The summed E-state index contributed by atoms with van der Waals surface area (Å²) < 4.78 is 5.37.